The fraction of sp³-hybridized carbons (Fsp3) is 0.538. The van der Waals surface area contributed by atoms with Gasteiger partial charge in [-0.1, -0.05) is 19.8 Å². The Kier molecular flexibility index (Phi) is 4.94. The lowest BCUT2D eigenvalue weighted by molar-refractivity contribution is 0.100. The van der Waals surface area contributed by atoms with Crippen LogP contribution in [0.5, 0.6) is 5.75 Å². The van der Waals surface area contributed by atoms with Gasteiger partial charge in [0.2, 0.25) is 0 Å². The van der Waals surface area contributed by atoms with E-state index < -0.39 is 5.63 Å². The first-order valence-electron chi connectivity index (χ1n) is 5.84. The highest BCUT2D eigenvalue weighted by Gasteiger charge is 2.15. The van der Waals surface area contributed by atoms with Crippen LogP contribution in [0.25, 0.3) is 0 Å². The summed E-state index contributed by atoms with van der Waals surface area (Å²) in [6.45, 7) is 5.64. The third kappa shape index (κ3) is 3.73. The van der Waals surface area contributed by atoms with Gasteiger partial charge in [-0.3, -0.25) is 4.79 Å². The summed E-state index contributed by atoms with van der Waals surface area (Å²) in [5, 5.41) is 0. The van der Waals surface area contributed by atoms with Gasteiger partial charge in [0, 0.05) is 0 Å². The highest BCUT2D eigenvalue weighted by Crippen LogP contribution is 2.20. The molecule has 0 aliphatic heterocycles. The molecule has 1 aromatic heterocycles. The smallest absolute Gasteiger partial charge is 0.339 e. The van der Waals surface area contributed by atoms with Crippen LogP contribution in [0, 0.1) is 6.92 Å². The van der Waals surface area contributed by atoms with Crippen molar-refractivity contribution in [3.05, 3.63) is 27.8 Å². The maximum Gasteiger partial charge on any atom is 0.339 e. The Labute approximate surface area is 101 Å². The normalized spacial score (nSPS) is 10.3. The molecular weight excluding hydrogens is 220 g/mol. The van der Waals surface area contributed by atoms with E-state index in [4.69, 9.17) is 9.15 Å². The Balaban J connectivity index is 2.89. The monoisotopic (exact) mass is 238 g/mol. The molecule has 0 saturated carbocycles. The molecule has 0 radical (unpaired) electrons. The lowest BCUT2D eigenvalue weighted by Gasteiger charge is -2.10. The number of hydrogen-bond acceptors (Lipinski definition) is 4. The summed E-state index contributed by atoms with van der Waals surface area (Å²) in [5.41, 5.74) is -0.126. The van der Waals surface area contributed by atoms with Gasteiger partial charge < -0.3 is 9.15 Å². The molecule has 1 aromatic rings. The molecule has 0 bridgehead atoms. The van der Waals surface area contributed by atoms with Crippen LogP contribution in [0.15, 0.2) is 15.3 Å². The highest BCUT2D eigenvalue weighted by molar-refractivity contribution is 5.97. The summed E-state index contributed by atoms with van der Waals surface area (Å²) >= 11 is 0. The first kappa shape index (κ1) is 13.5. The van der Waals surface area contributed by atoms with E-state index in [1.165, 1.54) is 13.0 Å². The molecule has 0 N–H and O–H groups in total. The molecule has 4 nitrogen and oxygen atoms in total. The molecule has 0 aliphatic rings. The molecule has 0 spiro atoms. The van der Waals surface area contributed by atoms with Gasteiger partial charge in [-0.25, -0.2) is 4.79 Å². The van der Waals surface area contributed by atoms with Gasteiger partial charge in [0.25, 0.3) is 0 Å². The van der Waals surface area contributed by atoms with E-state index in [9.17, 15) is 9.59 Å². The summed E-state index contributed by atoms with van der Waals surface area (Å²) in [6.07, 6.45) is 3.07. The Morgan fingerprint density at radius 3 is 2.71 bits per heavy atom. The van der Waals surface area contributed by atoms with E-state index in [-0.39, 0.29) is 5.78 Å². The van der Waals surface area contributed by atoms with Crippen LogP contribution < -0.4 is 10.4 Å². The Bertz CT molecular complexity index is 445. The van der Waals surface area contributed by atoms with Crippen molar-refractivity contribution >= 4 is 5.78 Å². The van der Waals surface area contributed by atoms with Gasteiger partial charge in [-0.15, -0.1) is 0 Å². The standard InChI is InChI=1S/C13H18O4/c1-4-5-6-7-16-11-8-12(15)17-10(3)13(11)9(2)14/h8H,4-7H2,1-3H3. The molecular formula is C13H18O4. The average molecular weight is 238 g/mol. The van der Waals surface area contributed by atoms with E-state index in [1.54, 1.807) is 6.92 Å². The molecule has 0 amide bonds. The topological polar surface area (TPSA) is 56.5 Å². The Morgan fingerprint density at radius 2 is 2.12 bits per heavy atom. The predicted molar refractivity (Wildman–Crippen MR) is 64.7 cm³/mol. The van der Waals surface area contributed by atoms with Gasteiger partial charge in [0.1, 0.15) is 11.5 Å². The van der Waals surface area contributed by atoms with E-state index >= 15 is 0 Å². The van der Waals surface area contributed by atoms with Crippen LogP contribution in [-0.4, -0.2) is 12.4 Å². The summed E-state index contributed by atoms with van der Waals surface area (Å²) in [7, 11) is 0. The van der Waals surface area contributed by atoms with E-state index in [0.29, 0.717) is 23.7 Å². The van der Waals surface area contributed by atoms with Crippen molar-refractivity contribution < 1.29 is 13.9 Å². The Morgan fingerprint density at radius 1 is 1.41 bits per heavy atom. The first-order chi connectivity index (χ1) is 8.06. The number of ketones is 1. The Hall–Kier alpha value is -1.58. The molecule has 0 atom stereocenters. The molecule has 1 heterocycles. The number of ether oxygens (including phenoxy) is 1. The van der Waals surface area contributed by atoms with Crippen LogP contribution in [0.1, 0.15) is 49.2 Å². The molecule has 1 rings (SSSR count). The number of rotatable bonds is 6. The van der Waals surface area contributed by atoms with Crippen molar-refractivity contribution in [3.63, 3.8) is 0 Å². The zero-order valence-corrected chi connectivity index (χ0v) is 10.5. The molecule has 0 unspecified atom stereocenters. The number of Topliss-reactive ketones (excluding diaryl/α,β-unsaturated/α-hetero) is 1. The average Bonchev–Trinajstić information content (AvgIpc) is 2.22. The maximum atomic E-state index is 11.4. The molecule has 0 aromatic carbocycles. The van der Waals surface area contributed by atoms with Gasteiger partial charge >= 0.3 is 5.63 Å². The lowest BCUT2D eigenvalue weighted by atomic mass is 10.1. The maximum absolute atomic E-state index is 11.4. The summed E-state index contributed by atoms with van der Waals surface area (Å²) in [4.78, 5) is 22.7. The van der Waals surface area contributed by atoms with Gasteiger partial charge in [-0.05, 0) is 20.3 Å². The van der Waals surface area contributed by atoms with E-state index in [0.717, 1.165) is 19.3 Å². The molecule has 0 saturated heterocycles. The molecule has 0 fully saturated rings. The summed E-state index contributed by atoms with van der Waals surface area (Å²) in [6, 6.07) is 1.23. The van der Waals surface area contributed by atoms with E-state index in [2.05, 4.69) is 6.92 Å². The minimum absolute atomic E-state index is 0.156. The number of unbranched alkanes of at least 4 members (excludes halogenated alkanes) is 2. The van der Waals surface area contributed by atoms with Crippen molar-refractivity contribution in [1.29, 1.82) is 0 Å². The molecule has 17 heavy (non-hydrogen) atoms. The van der Waals surface area contributed by atoms with Gasteiger partial charge in [0.05, 0.1) is 18.2 Å². The predicted octanol–water partition coefficient (Wildman–Crippen LogP) is 2.72. The van der Waals surface area contributed by atoms with Crippen molar-refractivity contribution in [2.45, 2.75) is 40.0 Å². The lowest BCUT2D eigenvalue weighted by Crippen LogP contribution is -2.10. The fourth-order valence-electron chi connectivity index (χ4n) is 1.65. The molecule has 4 heteroatoms. The first-order valence-corrected chi connectivity index (χ1v) is 5.84. The second kappa shape index (κ2) is 6.23. The number of aryl methyl sites for hydroxylation is 1. The van der Waals surface area contributed by atoms with Crippen LogP contribution in [-0.2, 0) is 0 Å². The van der Waals surface area contributed by atoms with Crippen molar-refractivity contribution in [1.82, 2.24) is 0 Å². The largest absolute Gasteiger partial charge is 0.492 e. The third-order valence-electron chi connectivity index (χ3n) is 2.46. The SMILES string of the molecule is CCCCCOc1cc(=O)oc(C)c1C(C)=O. The minimum atomic E-state index is -0.488. The minimum Gasteiger partial charge on any atom is -0.492 e. The molecule has 94 valence electrons. The summed E-state index contributed by atoms with van der Waals surface area (Å²) < 4.78 is 10.4. The van der Waals surface area contributed by atoms with Crippen molar-refractivity contribution in [2.24, 2.45) is 0 Å². The zero-order valence-electron chi connectivity index (χ0n) is 10.5. The quantitative estimate of drug-likeness (QED) is 0.564. The number of carbonyl (C=O) groups excluding carboxylic acids is 1. The van der Waals surface area contributed by atoms with Crippen LogP contribution in [0.4, 0.5) is 0 Å². The fourth-order valence-corrected chi connectivity index (χ4v) is 1.65. The summed E-state index contributed by atoms with van der Waals surface area (Å²) in [5.74, 6) is 0.495. The van der Waals surface area contributed by atoms with Crippen molar-refractivity contribution in [3.8, 4) is 5.75 Å². The second-order valence-electron chi connectivity index (χ2n) is 3.97. The van der Waals surface area contributed by atoms with E-state index in [1.807, 2.05) is 0 Å². The van der Waals surface area contributed by atoms with Crippen LogP contribution >= 0.6 is 0 Å². The van der Waals surface area contributed by atoms with Crippen LogP contribution in [0.2, 0.25) is 0 Å². The molecule has 0 aliphatic carbocycles. The van der Waals surface area contributed by atoms with Gasteiger partial charge in [0.15, 0.2) is 5.78 Å². The highest BCUT2D eigenvalue weighted by atomic mass is 16.5. The van der Waals surface area contributed by atoms with Crippen LogP contribution in [0.3, 0.4) is 0 Å². The number of carbonyl (C=O) groups is 1. The number of hydrogen-bond donors (Lipinski definition) is 0. The van der Waals surface area contributed by atoms with Crippen molar-refractivity contribution in [2.75, 3.05) is 6.61 Å². The second-order valence-corrected chi connectivity index (χ2v) is 3.97. The third-order valence-corrected chi connectivity index (χ3v) is 2.46. The zero-order chi connectivity index (χ0) is 12.8. The van der Waals surface area contributed by atoms with Gasteiger partial charge in [-0.2, -0.15) is 0 Å².